The molecular formula is C12H11N3O. The largest absolute Gasteiger partial charge is 0.493 e. The first-order valence-corrected chi connectivity index (χ1v) is 5.30. The van der Waals surface area contributed by atoms with E-state index < -0.39 is 0 Å². The van der Waals surface area contributed by atoms with Crippen molar-refractivity contribution in [2.45, 2.75) is 19.8 Å². The first-order chi connectivity index (χ1) is 7.81. The molecule has 16 heavy (non-hydrogen) atoms. The van der Waals surface area contributed by atoms with Crippen molar-refractivity contribution in [3.63, 3.8) is 0 Å². The lowest BCUT2D eigenvalue weighted by Gasteiger charge is -2.01. The first kappa shape index (κ1) is 9.22. The zero-order chi connectivity index (χ0) is 11.1. The van der Waals surface area contributed by atoms with Crippen LogP contribution in [-0.2, 0) is 12.8 Å². The van der Waals surface area contributed by atoms with Crippen molar-refractivity contribution in [3.8, 4) is 11.8 Å². The summed E-state index contributed by atoms with van der Waals surface area (Å²) in [5.74, 6) is 0.937. The Morgan fingerprint density at radius 1 is 1.62 bits per heavy atom. The van der Waals surface area contributed by atoms with Gasteiger partial charge in [0.15, 0.2) is 0 Å². The summed E-state index contributed by atoms with van der Waals surface area (Å²) in [7, 11) is 0. The number of aromatic nitrogens is 2. The average molecular weight is 213 g/mol. The fourth-order valence-electron chi connectivity index (χ4n) is 2.30. The van der Waals surface area contributed by atoms with Gasteiger partial charge in [0.05, 0.1) is 30.3 Å². The maximum absolute atomic E-state index is 8.85. The molecule has 0 aromatic carbocycles. The number of rotatable bonds is 1. The Morgan fingerprint density at radius 3 is 3.31 bits per heavy atom. The van der Waals surface area contributed by atoms with Gasteiger partial charge in [-0.2, -0.15) is 10.4 Å². The number of ether oxygens (including phenoxy) is 1. The molecule has 80 valence electrons. The molecule has 0 unspecified atom stereocenters. The van der Waals surface area contributed by atoms with E-state index in [0.717, 1.165) is 35.6 Å². The lowest BCUT2D eigenvalue weighted by molar-refractivity contribution is 0.356. The molecule has 0 spiro atoms. The van der Waals surface area contributed by atoms with E-state index in [4.69, 9.17) is 10.00 Å². The molecule has 1 aliphatic heterocycles. The number of nitrogens with zero attached hydrogens (tertiary/aromatic N) is 3. The lowest BCUT2D eigenvalue weighted by atomic mass is 10.1. The summed E-state index contributed by atoms with van der Waals surface area (Å²) in [5.41, 5.74) is 4.22. The quantitative estimate of drug-likeness (QED) is 0.723. The minimum absolute atomic E-state index is 0.409. The maximum Gasteiger partial charge on any atom is 0.126 e. The Balaban J connectivity index is 2.37. The predicted octanol–water partition coefficient (Wildman–Crippen LogP) is 1.64. The van der Waals surface area contributed by atoms with Crippen LogP contribution in [0, 0.1) is 18.3 Å². The first-order valence-electron chi connectivity index (χ1n) is 5.30. The standard InChI is InChI=1S/C12H11N3O/c1-8-9(2-5-13)12-10-4-7-16-11(10)3-6-15(12)14-8/h3,6H,2,4,7H2,1H3. The molecule has 0 radical (unpaired) electrons. The minimum atomic E-state index is 0.409. The van der Waals surface area contributed by atoms with E-state index in [1.165, 1.54) is 5.56 Å². The summed E-state index contributed by atoms with van der Waals surface area (Å²) >= 11 is 0. The van der Waals surface area contributed by atoms with Crippen LogP contribution < -0.4 is 4.74 Å². The van der Waals surface area contributed by atoms with Gasteiger partial charge in [0, 0.05) is 23.7 Å². The SMILES string of the molecule is Cc1nn2ccc3c(c2c1CC#N)CCO3. The van der Waals surface area contributed by atoms with E-state index in [1.54, 1.807) is 0 Å². The Labute approximate surface area is 93.1 Å². The Hall–Kier alpha value is -2.02. The summed E-state index contributed by atoms with van der Waals surface area (Å²) in [6, 6.07) is 4.14. The van der Waals surface area contributed by atoms with Crippen LogP contribution in [0.15, 0.2) is 12.3 Å². The van der Waals surface area contributed by atoms with Crippen LogP contribution in [0.4, 0.5) is 0 Å². The molecule has 0 bridgehead atoms. The molecule has 0 saturated heterocycles. The van der Waals surface area contributed by atoms with Crippen LogP contribution in [0.2, 0.25) is 0 Å². The van der Waals surface area contributed by atoms with Crippen LogP contribution >= 0.6 is 0 Å². The van der Waals surface area contributed by atoms with Gasteiger partial charge in [-0.3, -0.25) is 0 Å². The highest BCUT2D eigenvalue weighted by molar-refractivity contribution is 5.68. The molecule has 0 N–H and O–H groups in total. The fraction of sp³-hybridized carbons (Fsp3) is 0.333. The molecule has 2 aromatic rings. The number of aryl methyl sites for hydroxylation is 1. The van der Waals surface area contributed by atoms with E-state index >= 15 is 0 Å². The summed E-state index contributed by atoms with van der Waals surface area (Å²) < 4.78 is 7.38. The number of hydrogen-bond acceptors (Lipinski definition) is 3. The van der Waals surface area contributed by atoms with Crippen molar-refractivity contribution in [1.29, 1.82) is 5.26 Å². The number of hydrogen-bond donors (Lipinski definition) is 0. The van der Waals surface area contributed by atoms with Crippen molar-refractivity contribution in [2.24, 2.45) is 0 Å². The zero-order valence-electron chi connectivity index (χ0n) is 9.03. The molecule has 3 heterocycles. The zero-order valence-corrected chi connectivity index (χ0v) is 9.03. The Morgan fingerprint density at radius 2 is 2.50 bits per heavy atom. The lowest BCUT2D eigenvalue weighted by Crippen LogP contribution is -1.91. The third-order valence-corrected chi connectivity index (χ3v) is 3.03. The van der Waals surface area contributed by atoms with Gasteiger partial charge in [-0.05, 0) is 13.0 Å². The van der Waals surface area contributed by atoms with Gasteiger partial charge in [0.2, 0.25) is 0 Å². The van der Waals surface area contributed by atoms with Gasteiger partial charge >= 0.3 is 0 Å². The second kappa shape index (κ2) is 3.24. The van der Waals surface area contributed by atoms with E-state index in [9.17, 15) is 0 Å². The molecule has 0 amide bonds. The highest BCUT2D eigenvalue weighted by Gasteiger charge is 2.20. The van der Waals surface area contributed by atoms with Crippen LogP contribution in [0.25, 0.3) is 5.52 Å². The highest BCUT2D eigenvalue weighted by Crippen LogP contribution is 2.31. The van der Waals surface area contributed by atoms with Gasteiger partial charge in [-0.1, -0.05) is 0 Å². The monoisotopic (exact) mass is 213 g/mol. The van der Waals surface area contributed by atoms with Crippen molar-refractivity contribution in [1.82, 2.24) is 9.61 Å². The number of fused-ring (bicyclic) bond motifs is 3. The molecule has 4 nitrogen and oxygen atoms in total. The number of pyridine rings is 1. The molecule has 0 saturated carbocycles. The van der Waals surface area contributed by atoms with Crippen molar-refractivity contribution >= 4 is 5.52 Å². The molecule has 1 aliphatic rings. The van der Waals surface area contributed by atoms with E-state index in [2.05, 4.69) is 11.2 Å². The predicted molar refractivity (Wildman–Crippen MR) is 58.4 cm³/mol. The van der Waals surface area contributed by atoms with Crippen molar-refractivity contribution in [3.05, 3.63) is 29.1 Å². The van der Waals surface area contributed by atoms with Gasteiger partial charge in [-0.25, -0.2) is 4.52 Å². The van der Waals surface area contributed by atoms with Gasteiger partial charge in [0.25, 0.3) is 0 Å². The maximum atomic E-state index is 8.85. The number of nitriles is 1. The van der Waals surface area contributed by atoms with Crippen molar-refractivity contribution in [2.75, 3.05) is 6.61 Å². The summed E-state index contributed by atoms with van der Waals surface area (Å²) in [4.78, 5) is 0. The summed E-state index contributed by atoms with van der Waals surface area (Å²) in [6.07, 6.45) is 3.21. The molecule has 0 aliphatic carbocycles. The van der Waals surface area contributed by atoms with Gasteiger partial charge in [0.1, 0.15) is 5.75 Å². The fourth-order valence-corrected chi connectivity index (χ4v) is 2.30. The van der Waals surface area contributed by atoms with Gasteiger partial charge in [-0.15, -0.1) is 0 Å². The second-order valence-corrected chi connectivity index (χ2v) is 3.95. The van der Waals surface area contributed by atoms with E-state index in [-0.39, 0.29) is 0 Å². The van der Waals surface area contributed by atoms with Gasteiger partial charge < -0.3 is 4.74 Å². The van der Waals surface area contributed by atoms with Crippen LogP contribution in [0.3, 0.4) is 0 Å². The molecule has 3 rings (SSSR count). The molecular weight excluding hydrogens is 202 g/mol. The van der Waals surface area contributed by atoms with Crippen molar-refractivity contribution < 1.29 is 4.74 Å². The molecule has 2 aromatic heterocycles. The molecule has 0 fully saturated rings. The Kier molecular flexibility index (Phi) is 1.87. The van der Waals surface area contributed by atoms with Crippen LogP contribution in [0.1, 0.15) is 16.8 Å². The van der Waals surface area contributed by atoms with E-state index in [0.29, 0.717) is 6.42 Å². The summed E-state index contributed by atoms with van der Waals surface area (Å²) in [6.45, 7) is 2.67. The third kappa shape index (κ3) is 1.12. The molecule has 0 atom stereocenters. The normalized spacial score (nSPS) is 13.5. The average Bonchev–Trinajstić information content (AvgIpc) is 2.83. The van der Waals surface area contributed by atoms with Crippen LogP contribution in [0.5, 0.6) is 5.75 Å². The molecule has 4 heteroatoms. The minimum Gasteiger partial charge on any atom is -0.493 e. The smallest absolute Gasteiger partial charge is 0.126 e. The topological polar surface area (TPSA) is 50.3 Å². The van der Waals surface area contributed by atoms with Crippen LogP contribution in [-0.4, -0.2) is 16.2 Å². The summed E-state index contributed by atoms with van der Waals surface area (Å²) in [5, 5.41) is 13.3. The third-order valence-electron chi connectivity index (χ3n) is 3.03. The Bertz CT molecular complexity index is 607. The second-order valence-electron chi connectivity index (χ2n) is 3.95. The highest BCUT2D eigenvalue weighted by atomic mass is 16.5. The van der Waals surface area contributed by atoms with E-state index in [1.807, 2.05) is 23.7 Å².